The predicted octanol–water partition coefficient (Wildman–Crippen LogP) is 3.66. The number of rotatable bonds is 3. The van der Waals surface area contributed by atoms with Crippen molar-refractivity contribution in [1.82, 2.24) is 0 Å². The van der Waals surface area contributed by atoms with E-state index < -0.39 is 9.73 Å². The second-order valence-electron chi connectivity index (χ2n) is 3.77. The van der Waals surface area contributed by atoms with Crippen LogP contribution in [-0.2, 0) is 9.73 Å². The van der Waals surface area contributed by atoms with Gasteiger partial charge in [-0.3, -0.25) is 0 Å². The van der Waals surface area contributed by atoms with Gasteiger partial charge in [0.2, 0.25) is 0 Å². The van der Waals surface area contributed by atoms with Gasteiger partial charge in [0.25, 0.3) is 0 Å². The molecule has 88 valence electrons. The molecule has 2 rings (SSSR count). The Morgan fingerprint density at radius 2 is 1.94 bits per heavy atom. The first-order chi connectivity index (χ1) is 8.08. The van der Waals surface area contributed by atoms with E-state index in [0.717, 1.165) is 11.1 Å². The molecule has 17 heavy (non-hydrogen) atoms. The molecule has 0 amide bonds. The van der Waals surface area contributed by atoms with E-state index in [0.29, 0.717) is 4.90 Å². The number of hydrogen-bond acceptors (Lipinski definition) is 3. The molecule has 1 atom stereocenters. The molecule has 0 fully saturated rings. The van der Waals surface area contributed by atoms with Crippen LogP contribution in [0.2, 0.25) is 0 Å². The third-order valence-corrected chi connectivity index (χ3v) is 3.86. The normalized spacial score (nSPS) is 14.9. The monoisotopic (exact) mass is 247 g/mol. The van der Waals surface area contributed by atoms with Gasteiger partial charge in [-0.2, -0.15) is 0 Å². The maximum atomic E-state index is 12.1. The molecule has 0 bridgehead atoms. The minimum atomic E-state index is -2.88. The van der Waals surface area contributed by atoms with E-state index in [9.17, 15) is 4.21 Å². The number of benzene rings is 1. The van der Waals surface area contributed by atoms with Crippen molar-refractivity contribution in [1.29, 1.82) is 4.78 Å². The summed E-state index contributed by atoms with van der Waals surface area (Å²) in [6.45, 7) is 1.96. The Morgan fingerprint density at radius 3 is 2.53 bits per heavy atom. The molecule has 0 radical (unpaired) electrons. The molecule has 1 aromatic heterocycles. The van der Waals surface area contributed by atoms with Gasteiger partial charge in [0.05, 0.1) is 27.2 Å². The SMILES string of the molecule is Cc1ccc(S(=N)(=O)/C=C/c2ccoc2)cc1. The highest BCUT2D eigenvalue weighted by atomic mass is 32.2. The minimum Gasteiger partial charge on any atom is -0.472 e. The summed E-state index contributed by atoms with van der Waals surface area (Å²) in [5.74, 6) is 0. The maximum absolute atomic E-state index is 12.1. The standard InChI is InChI=1S/C13H13NO2S/c1-11-2-4-13(5-3-11)17(14,15)9-7-12-6-8-16-10-12/h2-10,14H,1H3/b9-7+. The van der Waals surface area contributed by atoms with Crippen LogP contribution < -0.4 is 0 Å². The van der Waals surface area contributed by atoms with Crippen LogP contribution in [0.4, 0.5) is 0 Å². The smallest absolute Gasteiger partial charge is 0.0975 e. The Balaban J connectivity index is 2.28. The summed E-state index contributed by atoms with van der Waals surface area (Å²) >= 11 is 0. The van der Waals surface area contributed by atoms with Gasteiger partial charge in [0.15, 0.2) is 0 Å². The Labute approximate surface area is 101 Å². The number of hydrogen-bond donors (Lipinski definition) is 1. The molecule has 4 heteroatoms. The van der Waals surface area contributed by atoms with Crippen LogP contribution >= 0.6 is 0 Å². The zero-order valence-corrected chi connectivity index (χ0v) is 10.2. The lowest BCUT2D eigenvalue weighted by Crippen LogP contribution is -1.93. The van der Waals surface area contributed by atoms with Crippen LogP contribution in [0.1, 0.15) is 11.1 Å². The Bertz CT molecular complexity index is 608. The highest BCUT2D eigenvalue weighted by Gasteiger charge is 2.05. The van der Waals surface area contributed by atoms with Gasteiger partial charge in [-0.05, 0) is 31.2 Å². The second-order valence-corrected chi connectivity index (χ2v) is 5.72. The van der Waals surface area contributed by atoms with Crippen LogP contribution in [0.15, 0.2) is 57.6 Å². The first kappa shape index (κ1) is 11.7. The zero-order valence-electron chi connectivity index (χ0n) is 9.42. The molecule has 0 saturated heterocycles. The minimum absolute atomic E-state index is 0.517. The van der Waals surface area contributed by atoms with Crippen molar-refractivity contribution in [2.24, 2.45) is 0 Å². The average Bonchev–Trinajstić information content (AvgIpc) is 2.80. The fourth-order valence-electron chi connectivity index (χ4n) is 1.36. The molecular formula is C13H13NO2S. The van der Waals surface area contributed by atoms with Crippen molar-refractivity contribution in [3.63, 3.8) is 0 Å². The fraction of sp³-hybridized carbons (Fsp3) is 0.0769. The van der Waals surface area contributed by atoms with Gasteiger partial charge in [0, 0.05) is 11.0 Å². The third kappa shape index (κ3) is 2.85. The van der Waals surface area contributed by atoms with Gasteiger partial charge < -0.3 is 4.42 Å². The van der Waals surface area contributed by atoms with Crippen LogP contribution in [0.25, 0.3) is 6.08 Å². The summed E-state index contributed by atoms with van der Waals surface area (Å²) in [4.78, 5) is 0.517. The lowest BCUT2D eigenvalue weighted by molar-refractivity contribution is 0.567. The number of aryl methyl sites for hydroxylation is 1. The summed E-state index contributed by atoms with van der Waals surface area (Å²) in [6.07, 6.45) is 4.72. The van der Waals surface area contributed by atoms with E-state index >= 15 is 0 Å². The molecule has 1 aromatic carbocycles. The topological polar surface area (TPSA) is 54.1 Å². The van der Waals surface area contributed by atoms with Gasteiger partial charge in [-0.25, -0.2) is 8.99 Å². The molecule has 0 aliphatic rings. The highest BCUT2D eigenvalue weighted by Crippen LogP contribution is 2.15. The largest absolute Gasteiger partial charge is 0.472 e. The first-order valence-electron chi connectivity index (χ1n) is 5.14. The molecular weight excluding hydrogens is 234 g/mol. The summed E-state index contributed by atoms with van der Waals surface area (Å²) in [5, 5.41) is 1.41. The van der Waals surface area contributed by atoms with Crippen molar-refractivity contribution in [2.75, 3.05) is 0 Å². The number of furan rings is 1. The molecule has 1 unspecified atom stereocenters. The number of nitrogens with one attached hydrogen (secondary N) is 1. The van der Waals surface area contributed by atoms with E-state index in [1.807, 2.05) is 19.1 Å². The van der Waals surface area contributed by atoms with Crippen molar-refractivity contribution >= 4 is 15.8 Å². The molecule has 3 nitrogen and oxygen atoms in total. The van der Waals surface area contributed by atoms with Gasteiger partial charge in [0.1, 0.15) is 0 Å². The Kier molecular flexibility index (Phi) is 3.15. The molecule has 0 saturated carbocycles. The lowest BCUT2D eigenvalue weighted by Gasteiger charge is -2.02. The van der Waals surface area contributed by atoms with Crippen molar-refractivity contribution < 1.29 is 8.63 Å². The van der Waals surface area contributed by atoms with E-state index in [4.69, 9.17) is 9.20 Å². The highest BCUT2D eigenvalue weighted by molar-refractivity contribution is 7.95. The van der Waals surface area contributed by atoms with Crippen LogP contribution in [0, 0.1) is 11.7 Å². The first-order valence-corrected chi connectivity index (χ1v) is 6.76. The van der Waals surface area contributed by atoms with Crippen LogP contribution in [-0.4, -0.2) is 4.21 Å². The quantitative estimate of drug-likeness (QED) is 0.899. The fourth-order valence-corrected chi connectivity index (χ4v) is 2.41. The molecule has 0 spiro atoms. The van der Waals surface area contributed by atoms with Crippen LogP contribution in [0.5, 0.6) is 0 Å². The average molecular weight is 247 g/mol. The maximum Gasteiger partial charge on any atom is 0.0975 e. The van der Waals surface area contributed by atoms with Crippen LogP contribution in [0.3, 0.4) is 0 Å². The third-order valence-electron chi connectivity index (χ3n) is 2.37. The van der Waals surface area contributed by atoms with Gasteiger partial charge in [-0.15, -0.1) is 0 Å². The summed E-state index contributed by atoms with van der Waals surface area (Å²) < 4.78 is 24.9. The second kappa shape index (κ2) is 4.59. The van der Waals surface area contributed by atoms with Crippen molar-refractivity contribution in [3.8, 4) is 0 Å². The molecule has 1 heterocycles. The molecule has 0 aliphatic heterocycles. The zero-order chi connectivity index (χ0) is 12.3. The summed E-state index contributed by atoms with van der Waals surface area (Å²) in [5.41, 5.74) is 1.89. The van der Waals surface area contributed by atoms with Crippen molar-refractivity contribution in [2.45, 2.75) is 11.8 Å². The summed E-state index contributed by atoms with van der Waals surface area (Å²) in [6, 6.07) is 8.92. The predicted molar refractivity (Wildman–Crippen MR) is 68.0 cm³/mol. The van der Waals surface area contributed by atoms with E-state index in [1.165, 1.54) is 11.7 Å². The van der Waals surface area contributed by atoms with Gasteiger partial charge in [-0.1, -0.05) is 17.7 Å². The van der Waals surface area contributed by atoms with Gasteiger partial charge >= 0.3 is 0 Å². The molecule has 2 aromatic rings. The Hall–Kier alpha value is -1.81. The van der Waals surface area contributed by atoms with Crippen molar-refractivity contribution in [3.05, 3.63) is 59.4 Å². The van der Waals surface area contributed by atoms with E-state index in [1.54, 1.807) is 30.5 Å². The Morgan fingerprint density at radius 1 is 1.24 bits per heavy atom. The summed E-state index contributed by atoms with van der Waals surface area (Å²) in [7, 11) is -2.88. The van der Waals surface area contributed by atoms with E-state index in [-0.39, 0.29) is 0 Å². The molecule has 0 aliphatic carbocycles. The molecule has 1 N–H and O–H groups in total. The van der Waals surface area contributed by atoms with E-state index in [2.05, 4.69) is 0 Å². The lowest BCUT2D eigenvalue weighted by atomic mass is 10.2.